The van der Waals surface area contributed by atoms with Gasteiger partial charge < -0.3 is 14.2 Å². The van der Waals surface area contributed by atoms with Crippen molar-refractivity contribution in [1.29, 1.82) is 0 Å². The van der Waals surface area contributed by atoms with E-state index in [2.05, 4.69) is 17.0 Å². The van der Waals surface area contributed by atoms with E-state index in [1.54, 1.807) is 12.1 Å². The maximum Gasteiger partial charge on any atom is 0.254 e. The van der Waals surface area contributed by atoms with Crippen LogP contribution in [-0.4, -0.2) is 43.3 Å². The van der Waals surface area contributed by atoms with Crippen LogP contribution in [0.15, 0.2) is 65.1 Å². The lowest BCUT2D eigenvalue weighted by Crippen LogP contribution is -2.48. The summed E-state index contributed by atoms with van der Waals surface area (Å²) in [5, 5.41) is 0. The molecule has 28 heavy (non-hydrogen) atoms. The summed E-state index contributed by atoms with van der Waals surface area (Å²) in [5.41, 5.74) is 3.86. The summed E-state index contributed by atoms with van der Waals surface area (Å²) < 4.78 is 5.47. The fourth-order valence-electron chi connectivity index (χ4n) is 3.56. The quantitative estimate of drug-likeness (QED) is 0.647. The van der Waals surface area contributed by atoms with E-state index in [4.69, 9.17) is 4.42 Å². The van der Waals surface area contributed by atoms with Crippen molar-refractivity contribution in [3.05, 3.63) is 77.6 Å². The molecule has 0 saturated carbocycles. The van der Waals surface area contributed by atoms with E-state index >= 15 is 0 Å². The van der Waals surface area contributed by atoms with Gasteiger partial charge in [0.25, 0.3) is 5.91 Å². The number of nitrogens with zero attached hydrogens (tertiary/aromatic N) is 2. The standard InChI is InChI=1S/C23H22N2O3/c1-17-4-2-3-5-21(17)23(27)25-14-12-24(13-15-25)19-8-6-18(7-9-19)22-11-10-20(16-26)28-22/h2-11,16H,12-15H2,1H3. The highest BCUT2D eigenvalue weighted by molar-refractivity contribution is 5.95. The summed E-state index contributed by atoms with van der Waals surface area (Å²) >= 11 is 0. The van der Waals surface area contributed by atoms with E-state index in [9.17, 15) is 9.59 Å². The number of piperazine rings is 1. The van der Waals surface area contributed by atoms with Gasteiger partial charge in [0, 0.05) is 43.0 Å². The van der Waals surface area contributed by atoms with Crippen LogP contribution < -0.4 is 4.90 Å². The molecule has 0 N–H and O–H groups in total. The average molecular weight is 374 g/mol. The number of hydrogen-bond donors (Lipinski definition) is 0. The van der Waals surface area contributed by atoms with Crippen molar-refractivity contribution in [2.75, 3.05) is 31.1 Å². The van der Waals surface area contributed by atoms with Crippen molar-refractivity contribution in [3.8, 4) is 11.3 Å². The van der Waals surface area contributed by atoms with Crippen molar-refractivity contribution in [2.45, 2.75) is 6.92 Å². The smallest absolute Gasteiger partial charge is 0.254 e. The van der Waals surface area contributed by atoms with Crippen LogP contribution in [0.3, 0.4) is 0 Å². The highest BCUT2D eigenvalue weighted by atomic mass is 16.3. The van der Waals surface area contributed by atoms with Crippen LogP contribution >= 0.6 is 0 Å². The van der Waals surface area contributed by atoms with Crippen LogP contribution in [0, 0.1) is 6.92 Å². The number of aldehydes is 1. The second kappa shape index (κ2) is 7.72. The van der Waals surface area contributed by atoms with Gasteiger partial charge in [-0.25, -0.2) is 0 Å². The molecule has 4 rings (SSSR count). The van der Waals surface area contributed by atoms with Crippen LogP contribution in [0.4, 0.5) is 5.69 Å². The molecule has 2 heterocycles. The maximum absolute atomic E-state index is 12.8. The van der Waals surface area contributed by atoms with E-state index in [0.717, 1.165) is 35.5 Å². The molecule has 0 radical (unpaired) electrons. The molecule has 5 heteroatoms. The molecular weight excluding hydrogens is 352 g/mol. The van der Waals surface area contributed by atoms with Gasteiger partial charge in [0.15, 0.2) is 12.0 Å². The van der Waals surface area contributed by atoms with Crippen LogP contribution in [0.2, 0.25) is 0 Å². The molecule has 0 aliphatic carbocycles. The van der Waals surface area contributed by atoms with Crippen LogP contribution in [0.5, 0.6) is 0 Å². The Kier molecular flexibility index (Phi) is 4.98. The van der Waals surface area contributed by atoms with Gasteiger partial charge in [0.2, 0.25) is 0 Å². The Morgan fingerprint density at radius 1 is 0.929 bits per heavy atom. The minimum absolute atomic E-state index is 0.108. The Morgan fingerprint density at radius 3 is 2.29 bits per heavy atom. The van der Waals surface area contributed by atoms with E-state index in [1.165, 1.54) is 0 Å². The Bertz CT molecular complexity index is 983. The van der Waals surface area contributed by atoms with Crippen molar-refractivity contribution in [3.63, 3.8) is 0 Å². The molecule has 2 aromatic carbocycles. The lowest BCUT2D eigenvalue weighted by Gasteiger charge is -2.36. The van der Waals surface area contributed by atoms with Gasteiger partial charge in [-0.05, 0) is 55.0 Å². The first-order valence-corrected chi connectivity index (χ1v) is 9.41. The van der Waals surface area contributed by atoms with Gasteiger partial charge in [0.1, 0.15) is 5.76 Å². The van der Waals surface area contributed by atoms with Crippen molar-refractivity contribution >= 4 is 17.9 Å². The molecule has 3 aromatic rings. The minimum Gasteiger partial charge on any atom is -0.453 e. The molecular formula is C23H22N2O3. The monoisotopic (exact) mass is 374 g/mol. The van der Waals surface area contributed by atoms with Crippen molar-refractivity contribution < 1.29 is 14.0 Å². The summed E-state index contributed by atoms with van der Waals surface area (Å²) in [6.07, 6.45) is 0.704. The number of anilines is 1. The van der Waals surface area contributed by atoms with Gasteiger partial charge in [-0.2, -0.15) is 0 Å². The Labute approximate surface area is 164 Å². The highest BCUT2D eigenvalue weighted by Gasteiger charge is 2.23. The molecule has 5 nitrogen and oxygen atoms in total. The largest absolute Gasteiger partial charge is 0.453 e. The lowest BCUT2D eigenvalue weighted by molar-refractivity contribution is 0.0746. The zero-order chi connectivity index (χ0) is 19.5. The summed E-state index contributed by atoms with van der Waals surface area (Å²) in [6, 6.07) is 19.3. The second-order valence-electron chi connectivity index (χ2n) is 6.96. The van der Waals surface area contributed by atoms with Gasteiger partial charge in [-0.15, -0.1) is 0 Å². The summed E-state index contributed by atoms with van der Waals surface area (Å²) in [7, 11) is 0. The van der Waals surface area contributed by atoms with Crippen LogP contribution in [-0.2, 0) is 0 Å². The molecule has 0 unspecified atom stereocenters. The predicted octanol–water partition coefficient (Wildman–Crippen LogP) is 4.03. The molecule has 1 amide bonds. The first-order valence-electron chi connectivity index (χ1n) is 9.41. The fourth-order valence-corrected chi connectivity index (χ4v) is 3.56. The summed E-state index contributed by atoms with van der Waals surface area (Å²) in [5.74, 6) is 1.12. The van der Waals surface area contributed by atoms with E-state index < -0.39 is 0 Å². The molecule has 0 spiro atoms. The number of hydrogen-bond acceptors (Lipinski definition) is 4. The summed E-state index contributed by atoms with van der Waals surface area (Å²) in [4.78, 5) is 27.7. The molecule has 0 atom stereocenters. The van der Waals surface area contributed by atoms with Gasteiger partial charge >= 0.3 is 0 Å². The number of carbonyl (C=O) groups is 2. The minimum atomic E-state index is 0.108. The topological polar surface area (TPSA) is 53.8 Å². The second-order valence-corrected chi connectivity index (χ2v) is 6.96. The lowest BCUT2D eigenvalue weighted by atomic mass is 10.1. The molecule has 1 aromatic heterocycles. The fraction of sp³-hybridized carbons (Fsp3) is 0.217. The number of amides is 1. The Balaban J connectivity index is 1.40. The van der Waals surface area contributed by atoms with E-state index in [-0.39, 0.29) is 5.91 Å². The SMILES string of the molecule is Cc1ccccc1C(=O)N1CCN(c2ccc(-c3ccc(C=O)o3)cc2)CC1. The molecule has 1 fully saturated rings. The maximum atomic E-state index is 12.8. The number of rotatable bonds is 4. The zero-order valence-corrected chi connectivity index (χ0v) is 15.8. The normalized spacial score (nSPS) is 14.2. The van der Waals surface area contributed by atoms with Gasteiger partial charge in [0.05, 0.1) is 0 Å². The number of benzene rings is 2. The Hall–Kier alpha value is -3.34. The third-order valence-corrected chi connectivity index (χ3v) is 5.20. The van der Waals surface area contributed by atoms with Crippen molar-refractivity contribution in [2.24, 2.45) is 0 Å². The van der Waals surface area contributed by atoms with Crippen LogP contribution in [0.1, 0.15) is 26.5 Å². The number of furan rings is 1. The van der Waals surface area contributed by atoms with Crippen LogP contribution in [0.25, 0.3) is 11.3 Å². The predicted molar refractivity (Wildman–Crippen MR) is 109 cm³/mol. The van der Waals surface area contributed by atoms with Crippen molar-refractivity contribution in [1.82, 2.24) is 4.90 Å². The molecule has 1 aliphatic rings. The van der Waals surface area contributed by atoms with E-state index in [0.29, 0.717) is 30.9 Å². The molecule has 0 bridgehead atoms. The highest BCUT2D eigenvalue weighted by Crippen LogP contribution is 2.25. The molecule has 1 saturated heterocycles. The molecule has 1 aliphatic heterocycles. The third kappa shape index (κ3) is 3.56. The Morgan fingerprint density at radius 2 is 1.64 bits per heavy atom. The number of carbonyl (C=O) groups excluding carboxylic acids is 2. The van der Waals surface area contributed by atoms with Gasteiger partial charge in [-0.1, -0.05) is 18.2 Å². The molecule has 142 valence electrons. The van der Waals surface area contributed by atoms with Gasteiger partial charge in [-0.3, -0.25) is 9.59 Å². The number of aryl methyl sites for hydroxylation is 1. The van der Waals surface area contributed by atoms with E-state index in [1.807, 2.05) is 48.2 Å². The average Bonchev–Trinajstić information content (AvgIpc) is 3.23. The zero-order valence-electron chi connectivity index (χ0n) is 15.8. The first-order chi connectivity index (χ1) is 13.7. The summed E-state index contributed by atoms with van der Waals surface area (Å²) in [6.45, 7) is 4.98. The first kappa shape index (κ1) is 18.0. The third-order valence-electron chi connectivity index (χ3n) is 5.20.